The molecule has 0 amide bonds. The molecule has 1 fully saturated rings. The predicted octanol–water partition coefficient (Wildman–Crippen LogP) is 3.33. The molecule has 1 nitrogen and oxygen atoms in total. The van der Waals surface area contributed by atoms with E-state index < -0.39 is 5.67 Å². The van der Waals surface area contributed by atoms with Gasteiger partial charge in [0.2, 0.25) is 0 Å². The van der Waals surface area contributed by atoms with Crippen molar-refractivity contribution in [2.75, 3.05) is 13.1 Å². The molecule has 2 rings (SSSR count). The summed E-state index contributed by atoms with van der Waals surface area (Å²) in [6, 6.07) is 8.09. The molecule has 3 heteroatoms. The summed E-state index contributed by atoms with van der Waals surface area (Å²) in [5, 5.41) is 3.12. The molecule has 1 aliphatic rings. The molecule has 2 atom stereocenters. The van der Waals surface area contributed by atoms with Gasteiger partial charge in [-0.1, -0.05) is 34.1 Å². The van der Waals surface area contributed by atoms with Crippen molar-refractivity contribution >= 4 is 15.9 Å². The van der Waals surface area contributed by atoms with Crippen LogP contribution in [-0.4, -0.2) is 18.8 Å². The third-order valence-electron chi connectivity index (χ3n) is 3.42. The Hall–Kier alpha value is -0.410. The Labute approximate surface area is 105 Å². The van der Waals surface area contributed by atoms with Crippen molar-refractivity contribution in [2.24, 2.45) is 5.92 Å². The van der Waals surface area contributed by atoms with Gasteiger partial charge in [0.15, 0.2) is 0 Å². The van der Waals surface area contributed by atoms with Crippen LogP contribution in [0.5, 0.6) is 0 Å². The number of nitrogens with one attached hydrogen (secondary N) is 1. The monoisotopic (exact) mass is 285 g/mol. The van der Waals surface area contributed by atoms with Crippen LogP contribution < -0.4 is 5.32 Å². The largest absolute Gasteiger partial charge is 0.314 e. The average Bonchev–Trinajstić information content (AvgIpc) is 2.24. The molecule has 0 saturated carbocycles. The lowest BCUT2D eigenvalue weighted by atomic mass is 9.81. The zero-order chi connectivity index (χ0) is 11.6. The molecule has 1 N–H and O–H groups in total. The minimum Gasteiger partial charge on any atom is -0.314 e. The summed E-state index contributed by atoms with van der Waals surface area (Å²) in [7, 11) is 0. The predicted molar refractivity (Wildman–Crippen MR) is 68.3 cm³/mol. The van der Waals surface area contributed by atoms with Crippen molar-refractivity contribution in [1.82, 2.24) is 5.32 Å². The van der Waals surface area contributed by atoms with Crippen molar-refractivity contribution in [2.45, 2.75) is 25.4 Å². The zero-order valence-corrected chi connectivity index (χ0v) is 11.1. The Kier molecular flexibility index (Phi) is 3.65. The molecule has 0 bridgehead atoms. The second-order valence-electron chi connectivity index (χ2n) is 4.74. The zero-order valence-electron chi connectivity index (χ0n) is 9.47. The standard InChI is InChI=1S/C13H17BrFN/c1-13(15)9-16-7-6-11(13)8-10-4-2-3-5-12(10)14/h2-5,11,16H,6-9H2,1H3. The fourth-order valence-electron chi connectivity index (χ4n) is 2.30. The van der Waals surface area contributed by atoms with E-state index in [0.717, 1.165) is 23.9 Å². The van der Waals surface area contributed by atoms with E-state index in [9.17, 15) is 4.39 Å². The maximum Gasteiger partial charge on any atom is 0.123 e. The highest BCUT2D eigenvalue weighted by molar-refractivity contribution is 9.10. The third-order valence-corrected chi connectivity index (χ3v) is 4.19. The van der Waals surface area contributed by atoms with Gasteiger partial charge in [-0.2, -0.15) is 0 Å². The summed E-state index contributed by atoms with van der Waals surface area (Å²) in [5.74, 6) is 0.118. The van der Waals surface area contributed by atoms with E-state index in [4.69, 9.17) is 0 Å². The molecule has 0 aliphatic carbocycles. The lowest BCUT2D eigenvalue weighted by molar-refractivity contribution is 0.0711. The third kappa shape index (κ3) is 2.64. The summed E-state index contributed by atoms with van der Waals surface area (Å²) in [4.78, 5) is 0. The first-order valence-electron chi connectivity index (χ1n) is 5.72. The van der Waals surface area contributed by atoms with Gasteiger partial charge in [0.25, 0.3) is 0 Å². The first kappa shape index (κ1) is 12.1. The minimum atomic E-state index is -1.09. The van der Waals surface area contributed by atoms with Crippen LogP contribution in [0.3, 0.4) is 0 Å². The quantitative estimate of drug-likeness (QED) is 0.879. The smallest absolute Gasteiger partial charge is 0.123 e. The van der Waals surface area contributed by atoms with E-state index in [1.54, 1.807) is 6.92 Å². The Morgan fingerprint density at radius 2 is 2.25 bits per heavy atom. The molecule has 2 unspecified atom stereocenters. The maximum absolute atomic E-state index is 14.3. The normalized spacial score (nSPS) is 30.3. The fraction of sp³-hybridized carbons (Fsp3) is 0.538. The number of hydrogen-bond acceptors (Lipinski definition) is 1. The summed E-state index contributed by atoms with van der Waals surface area (Å²) in [6.45, 7) is 3.11. The second kappa shape index (κ2) is 4.84. The molecule has 88 valence electrons. The fourth-order valence-corrected chi connectivity index (χ4v) is 2.75. The Morgan fingerprint density at radius 1 is 1.50 bits per heavy atom. The van der Waals surface area contributed by atoms with E-state index >= 15 is 0 Å². The Balaban J connectivity index is 2.12. The van der Waals surface area contributed by atoms with Crippen molar-refractivity contribution in [1.29, 1.82) is 0 Å². The van der Waals surface area contributed by atoms with Gasteiger partial charge in [-0.15, -0.1) is 0 Å². The van der Waals surface area contributed by atoms with Crippen LogP contribution in [0, 0.1) is 5.92 Å². The SMILES string of the molecule is CC1(F)CNCCC1Cc1ccccc1Br. The summed E-state index contributed by atoms with van der Waals surface area (Å²) >= 11 is 3.52. The van der Waals surface area contributed by atoms with Gasteiger partial charge >= 0.3 is 0 Å². The van der Waals surface area contributed by atoms with Crippen LogP contribution >= 0.6 is 15.9 Å². The van der Waals surface area contributed by atoms with Crippen molar-refractivity contribution < 1.29 is 4.39 Å². The summed E-state index contributed by atoms with van der Waals surface area (Å²) in [5.41, 5.74) is 0.117. The van der Waals surface area contributed by atoms with Crippen LogP contribution in [0.1, 0.15) is 18.9 Å². The number of piperidine rings is 1. The highest BCUT2D eigenvalue weighted by Crippen LogP contribution is 2.32. The highest BCUT2D eigenvalue weighted by atomic mass is 79.9. The number of halogens is 2. The molecule has 1 heterocycles. The molecular weight excluding hydrogens is 269 g/mol. The second-order valence-corrected chi connectivity index (χ2v) is 5.59. The molecule has 0 spiro atoms. The molecule has 0 aromatic heterocycles. The molecule has 1 aromatic carbocycles. The molecule has 16 heavy (non-hydrogen) atoms. The highest BCUT2D eigenvalue weighted by Gasteiger charge is 2.36. The topological polar surface area (TPSA) is 12.0 Å². The van der Waals surface area contributed by atoms with E-state index in [1.165, 1.54) is 5.56 Å². The Bertz CT molecular complexity index is 365. The average molecular weight is 286 g/mol. The first-order valence-corrected chi connectivity index (χ1v) is 6.52. The van der Waals surface area contributed by atoms with Gasteiger partial charge in [0.1, 0.15) is 5.67 Å². The molecule has 1 aromatic rings. The lowest BCUT2D eigenvalue weighted by Gasteiger charge is -2.35. The van der Waals surface area contributed by atoms with Crippen LogP contribution in [0.15, 0.2) is 28.7 Å². The number of rotatable bonds is 2. The van der Waals surface area contributed by atoms with E-state index in [0.29, 0.717) is 6.54 Å². The van der Waals surface area contributed by atoms with E-state index in [2.05, 4.69) is 27.3 Å². The number of benzene rings is 1. The van der Waals surface area contributed by atoms with Gasteiger partial charge in [0, 0.05) is 11.0 Å². The summed E-state index contributed by atoms with van der Waals surface area (Å²) < 4.78 is 15.4. The van der Waals surface area contributed by atoms with Crippen LogP contribution in [-0.2, 0) is 6.42 Å². The van der Waals surface area contributed by atoms with Crippen molar-refractivity contribution in [3.8, 4) is 0 Å². The molecule has 1 saturated heterocycles. The minimum absolute atomic E-state index is 0.118. The maximum atomic E-state index is 14.3. The van der Waals surface area contributed by atoms with Crippen molar-refractivity contribution in [3.63, 3.8) is 0 Å². The number of hydrogen-bond donors (Lipinski definition) is 1. The first-order chi connectivity index (χ1) is 7.59. The van der Waals surface area contributed by atoms with Gasteiger partial charge < -0.3 is 5.32 Å². The van der Waals surface area contributed by atoms with Crippen LogP contribution in [0.2, 0.25) is 0 Å². The summed E-state index contributed by atoms with van der Waals surface area (Å²) in [6.07, 6.45) is 1.73. The van der Waals surface area contributed by atoms with Gasteiger partial charge in [-0.3, -0.25) is 0 Å². The van der Waals surface area contributed by atoms with Crippen molar-refractivity contribution in [3.05, 3.63) is 34.3 Å². The molecule has 1 aliphatic heterocycles. The van der Waals surface area contributed by atoms with Crippen LogP contribution in [0.25, 0.3) is 0 Å². The van der Waals surface area contributed by atoms with Crippen LogP contribution in [0.4, 0.5) is 4.39 Å². The van der Waals surface area contributed by atoms with Gasteiger partial charge in [-0.05, 0) is 43.9 Å². The van der Waals surface area contributed by atoms with E-state index in [-0.39, 0.29) is 5.92 Å². The van der Waals surface area contributed by atoms with E-state index in [1.807, 2.05) is 18.2 Å². The van der Waals surface area contributed by atoms with Gasteiger partial charge in [-0.25, -0.2) is 4.39 Å². The Morgan fingerprint density at radius 3 is 2.94 bits per heavy atom. The number of alkyl halides is 1. The molecule has 0 radical (unpaired) electrons. The molecular formula is C13H17BrFN. The lowest BCUT2D eigenvalue weighted by Crippen LogP contribution is -2.47. The van der Waals surface area contributed by atoms with Gasteiger partial charge in [0.05, 0.1) is 0 Å².